The van der Waals surface area contributed by atoms with Gasteiger partial charge in [0.2, 0.25) is 0 Å². The van der Waals surface area contributed by atoms with Crippen molar-refractivity contribution in [3.05, 3.63) is 251 Å². The van der Waals surface area contributed by atoms with Gasteiger partial charge in [0, 0.05) is 0 Å². The summed E-state index contributed by atoms with van der Waals surface area (Å²) < 4.78 is 62.0. The summed E-state index contributed by atoms with van der Waals surface area (Å²) in [5.74, 6) is -6.72. The summed E-state index contributed by atoms with van der Waals surface area (Å²) in [5, 5.41) is 11.9. The maximum atomic E-state index is 14.5. The van der Waals surface area contributed by atoms with Gasteiger partial charge < -0.3 is 52.5 Å². The van der Waals surface area contributed by atoms with Crippen molar-refractivity contribution in [2.45, 2.75) is 61.4 Å². The summed E-state index contributed by atoms with van der Waals surface area (Å²) in [5.41, 5.74) is 0.298. The molecule has 9 rings (SSSR count). The van der Waals surface area contributed by atoms with Crippen molar-refractivity contribution in [1.82, 2.24) is 0 Å². The molecule has 0 aromatic heterocycles. The van der Waals surface area contributed by atoms with E-state index in [1.807, 2.05) is 0 Å². The average Bonchev–Trinajstić information content (AvgIpc) is 3.60. The standard InChI is InChI=1S/C61H50O18/c62-53(38-22-8-1-9-23-38)70-36-45-48(49(75-56(65)41-28-14-4-15-29-41)51(60(69)72-45)77-58(67)43-32-18-6-19-33-43)79-61-52(78-59(68)44-34-20-7-21-35-44)50(76-57(66)42-30-16-5-17-31-42)47(74-55(64)40-26-12-3-13-27-40)46(73-61)37-71-54(63)39-24-10-2-11-25-39/h1-35,45-52,60-61,69H,36-37H2/t45-,46-,47+,48-,49+,50+,51-,52-,60+,61+/m1/s1. The van der Waals surface area contributed by atoms with E-state index in [4.69, 9.17) is 47.4 Å². The molecule has 0 amide bonds. The Morgan fingerprint density at radius 2 is 0.557 bits per heavy atom. The van der Waals surface area contributed by atoms with Crippen LogP contribution in [0.5, 0.6) is 0 Å². The molecule has 0 bridgehead atoms. The van der Waals surface area contributed by atoms with E-state index in [1.54, 1.807) is 127 Å². The number of hydrogen-bond donors (Lipinski definition) is 1. The minimum absolute atomic E-state index is 0.00210. The highest BCUT2D eigenvalue weighted by Crippen LogP contribution is 2.36. The molecule has 10 atom stereocenters. The number of benzene rings is 7. The Morgan fingerprint density at radius 3 is 0.886 bits per heavy atom. The predicted octanol–water partition coefficient (Wildman–Crippen LogP) is 7.66. The van der Waals surface area contributed by atoms with Gasteiger partial charge in [-0.1, -0.05) is 127 Å². The molecular weight excluding hydrogens is 1020 g/mol. The van der Waals surface area contributed by atoms with Crippen LogP contribution in [0.15, 0.2) is 212 Å². The van der Waals surface area contributed by atoms with Gasteiger partial charge in [-0.15, -0.1) is 0 Å². The third kappa shape index (κ3) is 13.8. The Morgan fingerprint density at radius 1 is 0.304 bits per heavy atom. The summed E-state index contributed by atoms with van der Waals surface area (Å²) in [6, 6.07) is 54.1. The number of ether oxygens (including phenoxy) is 10. The highest BCUT2D eigenvalue weighted by Gasteiger charge is 2.58. The normalized spacial score (nSPS) is 22.4. The van der Waals surface area contributed by atoms with Gasteiger partial charge in [0.25, 0.3) is 0 Å². The third-order valence-corrected chi connectivity index (χ3v) is 12.5. The van der Waals surface area contributed by atoms with Gasteiger partial charge in [0.05, 0.1) is 38.9 Å². The number of carbonyl (C=O) groups excluding carboxylic acids is 7. The molecule has 0 aliphatic carbocycles. The molecule has 0 radical (unpaired) electrons. The lowest BCUT2D eigenvalue weighted by molar-refractivity contribution is -0.352. The topological polar surface area (TPSA) is 232 Å². The van der Waals surface area contributed by atoms with Crippen LogP contribution in [0.25, 0.3) is 0 Å². The third-order valence-electron chi connectivity index (χ3n) is 12.5. The molecular formula is C61H50O18. The molecule has 2 aliphatic rings. The lowest BCUT2D eigenvalue weighted by Gasteiger charge is -2.48. The fraction of sp³-hybridized carbons (Fsp3) is 0.197. The van der Waals surface area contributed by atoms with Crippen LogP contribution in [0.4, 0.5) is 0 Å². The molecule has 2 saturated heterocycles. The van der Waals surface area contributed by atoms with Gasteiger partial charge >= 0.3 is 41.8 Å². The molecule has 1 N–H and O–H groups in total. The summed E-state index contributed by atoms with van der Waals surface area (Å²) in [6.45, 7) is -1.50. The molecule has 2 heterocycles. The van der Waals surface area contributed by atoms with Crippen molar-refractivity contribution in [1.29, 1.82) is 0 Å². The van der Waals surface area contributed by atoms with Crippen molar-refractivity contribution in [3.8, 4) is 0 Å². The maximum absolute atomic E-state index is 14.5. The molecule has 2 aliphatic heterocycles. The summed E-state index contributed by atoms with van der Waals surface area (Å²) in [4.78, 5) is 98.6. The van der Waals surface area contributed by atoms with Gasteiger partial charge in [0.15, 0.2) is 43.1 Å². The Kier molecular flexibility index (Phi) is 18.0. The molecule has 7 aromatic rings. The molecule has 7 aromatic carbocycles. The summed E-state index contributed by atoms with van der Waals surface area (Å²) in [6.07, 6.45) is -19.0. The van der Waals surface area contributed by atoms with Crippen LogP contribution >= 0.6 is 0 Å². The largest absolute Gasteiger partial charge is 0.459 e. The van der Waals surface area contributed by atoms with E-state index in [0.29, 0.717) is 0 Å². The van der Waals surface area contributed by atoms with Crippen LogP contribution in [-0.2, 0) is 47.4 Å². The molecule has 18 heteroatoms. The Labute approximate surface area is 452 Å². The number of aliphatic hydroxyl groups excluding tert-OH is 1. The van der Waals surface area contributed by atoms with Crippen molar-refractivity contribution in [3.63, 3.8) is 0 Å². The Hall–Kier alpha value is -9.33. The van der Waals surface area contributed by atoms with E-state index in [1.165, 1.54) is 84.9 Å². The quantitative estimate of drug-likeness (QED) is 0.0642. The molecule has 0 spiro atoms. The molecule has 402 valence electrons. The number of esters is 7. The SMILES string of the molecule is O=C(OC[C@H]1O[C@@H](O[C@H]2[C@H](OC(=O)c3ccccc3)[C@@H](OC(=O)c3ccccc3)[C@@H](O)O[C@@H]2COC(=O)c2ccccc2)[C@H](OC(=O)c2ccccc2)[C@@H](OC(=O)c2ccccc2)[C@H]1OC(=O)c1ccccc1)c1ccccc1. The second-order valence-electron chi connectivity index (χ2n) is 17.8. The lowest BCUT2D eigenvalue weighted by Crippen LogP contribution is -2.67. The number of aliphatic hydroxyl groups is 1. The van der Waals surface area contributed by atoms with Gasteiger partial charge in [-0.2, -0.15) is 0 Å². The van der Waals surface area contributed by atoms with Gasteiger partial charge in [-0.3, -0.25) is 0 Å². The van der Waals surface area contributed by atoms with Crippen LogP contribution in [0.3, 0.4) is 0 Å². The first kappa shape index (κ1) is 54.5. The van der Waals surface area contributed by atoms with Crippen LogP contribution < -0.4 is 0 Å². The maximum Gasteiger partial charge on any atom is 0.338 e. The number of rotatable bonds is 18. The van der Waals surface area contributed by atoms with E-state index in [2.05, 4.69) is 0 Å². The first-order valence-electron chi connectivity index (χ1n) is 24.9. The molecule has 18 nitrogen and oxygen atoms in total. The number of carbonyl (C=O) groups is 7. The van der Waals surface area contributed by atoms with Crippen molar-refractivity contribution in [2.75, 3.05) is 13.2 Å². The highest BCUT2D eigenvalue weighted by molar-refractivity contribution is 5.93. The van der Waals surface area contributed by atoms with E-state index in [-0.39, 0.29) is 38.9 Å². The lowest BCUT2D eigenvalue weighted by atomic mass is 9.95. The number of hydrogen-bond acceptors (Lipinski definition) is 18. The zero-order valence-electron chi connectivity index (χ0n) is 41.8. The molecule has 0 saturated carbocycles. The Bertz CT molecular complexity index is 3170. The van der Waals surface area contributed by atoms with Crippen LogP contribution in [0, 0.1) is 0 Å². The van der Waals surface area contributed by atoms with E-state index in [9.17, 15) is 38.7 Å². The van der Waals surface area contributed by atoms with E-state index in [0.717, 1.165) is 0 Å². The second-order valence-corrected chi connectivity index (χ2v) is 17.8. The minimum atomic E-state index is -2.12. The van der Waals surface area contributed by atoms with E-state index >= 15 is 0 Å². The van der Waals surface area contributed by atoms with Crippen molar-refractivity contribution < 1.29 is 86.0 Å². The fourth-order valence-corrected chi connectivity index (χ4v) is 8.59. The predicted molar refractivity (Wildman–Crippen MR) is 276 cm³/mol. The smallest absolute Gasteiger partial charge is 0.338 e. The van der Waals surface area contributed by atoms with Crippen LogP contribution in [-0.4, -0.2) is 122 Å². The zero-order chi connectivity index (χ0) is 55.1. The fourth-order valence-electron chi connectivity index (χ4n) is 8.59. The average molecular weight is 1070 g/mol. The monoisotopic (exact) mass is 1070 g/mol. The first-order chi connectivity index (χ1) is 38.5. The van der Waals surface area contributed by atoms with E-state index < -0.39 is 116 Å². The van der Waals surface area contributed by atoms with Crippen LogP contribution in [0.2, 0.25) is 0 Å². The minimum Gasteiger partial charge on any atom is -0.459 e. The summed E-state index contributed by atoms with van der Waals surface area (Å²) in [7, 11) is 0. The van der Waals surface area contributed by atoms with Crippen LogP contribution in [0.1, 0.15) is 72.5 Å². The summed E-state index contributed by atoms with van der Waals surface area (Å²) >= 11 is 0. The zero-order valence-corrected chi connectivity index (χ0v) is 41.8. The van der Waals surface area contributed by atoms with Gasteiger partial charge in [-0.25, -0.2) is 33.6 Å². The molecule has 2 fully saturated rings. The van der Waals surface area contributed by atoms with Crippen molar-refractivity contribution >= 4 is 41.8 Å². The second kappa shape index (κ2) is 26.1. The first-order valence-corrected chi connectivity index (χ1v) is 24.9. The Balaban J connectivity index is 1.18. The van der Waals surface area contributed by atoms with Gasteiger partial charge in [-0.05, 0) is 84.9 Å². The van der Waals surface area contributed by atoms with Crippen molar-refractivity contribution in [2.24, 2.45) is 0 Å². The molecule has 0 unspecified atom stereocenters. The molecule has 79 heavy (non-hydrogen) atoms. The highest BCUT2D eigenvalue weighted by atomic mass is 16.8. The van der Waals surface area contributed by atoms with Gasteiger partial charge in [0.1, 0.15) is 31.5 Å².